The van der Waals surface area contributed by atoms with Gasteiger partial charge in [0.15, 0.2) is 0 Å². The fourth-order valence-corrected chi connectivity index (χ4v) is 3.15. The Morgan fingerprint density at radius 2 is 1.93 bits per heavy atom. The summed E-state index contributed by atoms with van der Waals surface area (Å²) < 4.78 is 0.457. The summed E-state index contributed by atoms with van der Waals surface area (Å²) in [6.07, 6.45) is 2.59. The van der Waals surface area contributed by atoms with Crippen LogP contribution in [0.15, 0.2) is 33.6 Å². The first-order chi connectivity index (χ1) is 7.12. The van der Waals surface area contributed by atoms with Gasteiger partial charge in [-0.25, -0.2) is 0 Å². The smallest absolute Gasteiger partial charge is 0.320 e. The normalized spacial score (nSPS) is 18.2. The van der Waals surface area contributed by atoms with Crippen molar-refractivity contribution < 1.29 is 9.90 Å². The SMILES string of the molecule is O=C(O)C1(Sc2ccc(Br)cc2)CCC1. The quantitative estimate of drug-likeness (QED) is 0.923. The number of benzene rings is 1. The van der Waals surface area contributed by atoms with E-state index in [0.717, 1.165) is 28.6 Å². The molecular weight excluding hydrogens is 276 g/mol. The van der Waals surface area contributed by atoms with Gasteiger partial charge in [0, 0.05) is 9.37 Å². The number of carboxylic acid groups (broad SMARTS) is 1. The molecule has 1 fully saturated rings. The third-order valence-electron chi connectivity index (χ3n) is 2.68. The van der Waals surface area contributed by atoms with Crippen LogP contribution in [0.25, 0.3) is 0 Å². The Labute approximate surface area is 101 Å². The van der Waals surface area contributed by atoms with E-state index in [1.807, 2.05) is 24.3 Å². The number of hydrogen-bond donors (Lipinski definition) is 1. The zero-order valence-corrected chi connectivity index (χ0v) is 10.5. The monoisotopic (exact) mass is 286 g/mol. The number of thioether (sulfide) groups is 1. The van der Waals surface area contributed by atoms with E-state index >= 15 is 0 Å². The molecule has 1 aromatic carbocycles. The molecule has 0 spiro atoms. The molecule has 1 aromatic rings. The summed E-state index contributed by atoms with van der Waals surface area (Å²) in [7, 11) is 0. The molecule has 0 heterocycles. The third-order valence-corrected chi connectivity index (χ3v) is 4.69. The summed E-state index contributed by atoms with van der Waals surface area (Å²) in [5, 5.41) is 9.17. The second-order valence-electron chi connectivity index (χ2n) is 3.71. The Morgan fingerprint density at radius 3 is 2.33 bits per heavy atom. The van der Waals surface area contributed by atoms with Crippen LogP contribution < -0.4 is 0 Å². The first-order valence-corrected chi connectivity index (χ1v) is 6.41. The van der Waals surface area contributed by atoms with Crippen LogP contribution in [0.4, 0.5) is 0 Å². The number of halogens is 1. The highest BCUT2D eigenvalue weighted by Gasteiger charge is 2.45. The molecule has 0 aromatic heterocycles. The van der Waals surface area contributed by atoms with Crippen LogP contribution in [0.2, 0.25) is 0 Å². The lowest BCUT2D eigenvalue weighted by Gasteiger charge is -2.36. The summed E-state index contributed by atoms with van der Waals surface area (Å²) >= 11 is 4.83. The predicted octanol–water partition coefficient (Wildman–Crippen LogP) is 3.55. The van der Waals surface area contributed by atoms with Crippen molar-refractivity contribution in [1.29, 1.82) is 0 Å². The molecule has 2 rings (SSSR count). The van der Waals surface area contributed by atoms with E-state index in [1.54, 1.807) is 0 Å². The molecule has 0 unspecified atom stereocenters. The molecule has 1 aliphatic rings. The van der Waals surface area contributed by atoms with Gasteiger partial charge >= 0.3 is 5.97 Å². The van der Waals surface area contributed by atoms with Crippen molar-refractivity contribution >= 4 is 33.7 Å². The van der Waals surface area contributed by atoms with Crippen LogP contribution in [-0.4, -0.2) is 15.8 Å². The molecule has 1 aliphatic carbocycles. The fourth-order valence-electron chi connectivity index (χ4n) is 1.59. The maximum Gasteiger partial charge on any atom is 0.320 e. The first kappa shape index (κ1) is 11.0. The topological polar surface area (TPSA) is 37.3 Å². The number of aliphatic carboxylic acids is 1. The van der Waals surface area contributed by atoms with Crippen molar-refractivity contribution in [2.45, 2.75) is 28.9 Å². The van der Waals surface area contributed by atoms with Crippen LogP contribution in [0.3, 0.4) is 0 Å². The number of hydrogen-bond acceptors (Lipinski definition) is 2. The molecule has 0 saturated heterocycles. The lowest BCUT2D eigenvalue weighted by molar-refractivity contribution is -0.142. The van der Waals surface area contributed by atoms with Crippen LogP contribution in [0, 0.1) is 0 Å². The fraction of sp³-hybridized carbons (Fsp3) is 0.364. The van der Waals surface area contributed by atoms with Gasteiger partial charge in [0.05, 0.1) is 0 Å². The minimum atomic E-state index is -0.679. The van der Waals surface area contributed by atoms with Gasteiger partial charge in [-0.1, -0.05) is 15.9 Å². The van der Waals surface area contributed by atoms with E-state index in [1.165, 1.54) is 11.8 Å². The van der Waals surface area contributed by atoms with Crippen LogP contribution >= 0.6 is 27.7 Å². The largest absolute Gasteiger partial charge is 0.480 e. The van der Waals surface area contributed by atoms with Crippen molar-refractivity contribution in [3.8, 4) is 0 Å². The second kappa shape index (κ2) is 4.18. The van der Waals surface area contributed by atoms with E-state index < -0.39 is 10.7 Å². The van der Waals surface area contributed by atoms with Crippen LogP contribution in [0.1, 0.15) is 19.3 Å². The molecular formula is C11H11BrO2S. The molecule has 1 saturated carbocycles. The molecule has 0 atom stereocenters. The average Bonchev–Trinajstić information content (AvgIpc) is 2.13. The van der Waals surface area contributed by atoms with E-state index in [4.69, 9.17) is 5.11 Å². The van der Waals surface area contributed by atoms with Crippen molar-refractivity contribution in [2.24, 2.45) is 0 Å². The Kier molecular flexibility index (Phi) is 3.07. The zero-order valence-electron chi connectivity index (χ0n) is 8.07. The standard InChI is InChI=1S/C11H11BrO2S/c12-8-2-4-9(5-3-8)15-11(10(13)14)6-1-7-11/h2-5H,1,6-7H2,(H,13,14). The van der Waals surface area contributed by atoms with Gasteiger partial charge in [0.1, 0.15) is 4.75 Å². The molecule has 0 radical (unpaired) electrons. The highest BCUT2D eigenvalue weighted by Crippen LogP contribution is 2.47. The average molecular weight is 287 g/mol. The van der Waals surface area contributed by atoms with Gasteiger partial charge in [-0.3, -0.25) is 4.79 Å². The Balaban J connectivity index is 2.13. The van der Waals surface area contributed by atoms with E-state index in [-0.39, 0.29) is 0 Å². The molecule has 0 bridgehead atoms. The zero-order chi connectivity index (χ0) is 10.9. The van der Waals surface area contributed by atoms with Crippen LogP contribution in [-0.2, 0) is 4.79 Å². The minimum Gasteiger partial charge on any atom is -0.480 e. The Morgan fingerprint density at radius 1 is 1.33 bits per heavy atom. The van der Waals surface area contributed by atoms with Gasteiger partial charge in [-0.05, 0) is 43.5 Å². The summed E-state index contributed by atoms with van der Waals surface area (Å²) in [6.45, 7) is 0. The molecule has 4 heteroatoms. The summed E-state index contributed by atoms with van der Waals surface area (Å²) in [4.78, 5) is 12.2. The molecule has 15 heavy (non-hydrogen) atoms. The first-order valence-electron chi connectivity index (χ1n) is 4.80. The number of carbonyl (C=O) groups is 1. The van der Waals surface area contributed by atoms with Gasteiger partial charge < -0.3 is 5.11 Å². The minimum absolute atomic E-state index is 0.562. The van der Waals surface area contributed by atoms with Gasteiger partial charge in [0.25, 0.3) is 0 Å². The van der Waals surface area contributed by atoms with E-state index in [2.05, 4.69) is 15.9 Å². The van der Waals surface area contributed by atoms with Crippen LogP contribution in [0.5, 0.6) is 0 Å². The van der Waals surface area contributed by atoms with Crippen molar-refractivity contribution in [1.82, 2.24) is 0 Å². The Hall–Kier alpha value is -0.480. The molecule has 0 aliphatic heterocycles. The molecule has 1 N–H and O–H groups in total. The summed E-state index contributed by atoms with van der Waals surface area (Å²) in [5.74, 6) is -0.679. The summed E-state index contributed by atoms with van der Waals surface area (Å²) in [6, 6.07) is 7.79. The van der Waals surface area contributed by atoms with E-state index in [9.17, 15) is 4.79 Å². The van der Waals surface area contributed by atoms with Crippen molar-refractivity contribution in [3.63, 3.8) is 0 Å². The Bertz CT molecular complexity index is 371. The highest BCUT2D eigenvalue weighted by molar-refractivity contribution is 9.10. The number of carboxylic acids is 1. The van der Waals surface area contributed by atoms with Gasteiger partial charge in [-0.15, -0.1) is 11.8 Å². The number of rotatable bonds is 3. The predicted molar refractivity (Wildman–Crippen MR) is 64.2 cm³/mol. The maximum atomic E-state index is 11.1. The summed E-state index contributed by atoms with van der Waals surface area (Å²) in [5.41, 5.74) is 0. The maximum absolute atomic E-state index is 11.1. The van der Waals surface area contributed by atoms with Crippen molar-refractivity contribution in [3.05, 3.63) is 28.7 Å². The van der Waals surface area contributed by atoms with Gasteiger partial charge in [-0.2, -0.15) is 0 Å². The molecule has 80 valence electrons. The highest BCUT2D eigenvalue weighted by atomic mass is 79.9. The molecule has 0 amide bonds. The van der Waals surface area contributed by atoms with E-state index in [0.29, 0.717) is 0 Å². The lowest BCUT2D eigenvalue weighted by Crippen LogP contribution is -2.41. The lowest BCUT2D eigenvalue weighted by atomic mass is 9.84. The second-order valence-corrected chi connectivity index (χ2v) is 6.08. The van der Waals surface area contributed by atoms with Gasteiger partial charge in [0.2, 0.25) is 0 Å². The molecule has 2 nitrogen and oxygen atoms in total. The van der Waals surface area contributed by atoms with Crippen molar-refractivity contribution in [2.75, 3.05) is 0 Å². The third kappa shape index (κ3) is 2.21.